The Morgan fingerprint density at radius 3 is 2.55 bits per heavy atom. The van der Waals surface area contributed by atoms with Crippen LogP contribution in [0.2, 0.25) is 0 Å². The molecule has 122 valence electrons. The molecule has 0 aliphatic carbocycles. The van der Waals surface area contributed by atoms with Gasteiger partial charge in [-0.2, -0.15) is 0 Å². The number of hydrogen-bond donors (Lipinski definition) is 3. The average Bonchev–Trinajstić information content (AvgIpc) is 2.81. The van der Waals surface area contributed by atoms with Gasteiger partial charge in [-0.15, -0.1) is 11.6 Å². The normalized spacial score (nSPS) is 16.9. The minimum atomic E-state index is -0.955. The summed E-state index contributed by atoms with van der Waals surface area (Å²) < 4.78 is 0. The van der Waals surface area contributed by atoms with Crippen LogP contribution in [-0.2, 0) is 0 Å². The molecular formula is C16H23ClN2O3. The molecule has 1 saturated heterocycles. The van der Waals surface area contributed by atoms with E-state index in [0.717, 1.165) is 37.3 Å². The third kappa shape index (κ3) is 4.52. The van der Waals surface area contributed by atoms with Crippen molar-refractivity contribution in [2.75, 3.05) is 35.7 Å². The Kier molecular flexibility index (Phi) is 6.34. The molecule has 2 rings (SSSR count). The number of rotatable bonds is 6. The van der Waals surface area contributed by atoms with Crippen molar-refractivity contribution < 1.29 is 15.0 Å². The lowest BCUT2D eigenvalue weighted by molar-refractivity contribution is 0.0697. The average molecular weight is 327 g/mol. The van der Waals surface area contributed by atoms with Crippen molar-refractivity contribution in [1.82, 2.24) is 0 Å². The third-order valence-corrected chi connectivity index (χ3v) is 4.25. The van der Waals surface area contributed by atoms with Crippen LogP contribution in [0.25, 0.3) is 0 Å². The van der Waals surface area contributed by atoms with Gasteiger partial charge >= 0.3 is 5.97 Å². The number of aliphatic hydroxyl groups is 1. The van der Waals surface area contributed by atoms with Gasteiger partial charge in [0.05, 0.1) is 28.9 Å². The summed E-state index contributed by atoms with van der Waals surface area (Å²) in [6.07, 6.45) is 4.09. The predicted octanol–water partition coefficient (Wildman–Crippen LogP) is 2.78. The van der Waals surface area contributed by atoms with E-state index in [1.165, 1.54) is 12.8 Å². The number of halogens is 1. The Morgan fingerprint density at radius 1 is 1.27 bits per heavy atom. The quantitative estimate of drug-likeness (QED) is 0.701. The van der Waals surface area contributed by atoms with E-state index in [2.05, 4.69) is 10.2 Å². The molecular weight excluding hydrogens is 304 g/mol. The standard InChI is InChI=1S/C16H23ClN2O3/c17-10-13(20)11-18-14-9-12(16(21)22)5-6-15(14)19-7-3-1-2-4-8-19/h5-6,9,13,18,20H,1-4,7-8,10-11H2,(H,21,22). The van der Waals surface area contributed by atoms with E-state index in [-0.39, 0.29) is 11.4 Å². The van der Waals surface area contributed by atoms with Crippen LogP contribution in [0.4, 0.5) is 11.4 Å². The maximum absolute atomic E-state index is 11.2. The molecule has 1 aliphatic rings. The topological polar surface area (TPSA) is 72.8 Å². The molecule has 0 amide bonds. The van der Waals surface area contributed by atoms with Crippen molar-refractivity contribution in [2.45, 2.75) is 31.8 Å². The number of hydrogen-bond acceptors (Lipinski definition) is 4. The first kappa shape index (κ1) is 16.9. The Bertz CT molecular complexity index is 502. The smallest absolute Gasteiger partial charge is 0.335 e. The van der Waals surface area contributed by atoms with Gasteiger partial charge in [-0.3, -0.25) is 0 Å². The number of benzene rings is 1. The first-order chi connectivity index (χ1) is 10.6. The number of aliphatic hydroxyl groups excluding tert-OH is 1. The van der Waals surface area contributed by atoms with E-state index in [9.17, 15) is 9.90 Å². The molecule has 0 saturated carbocycles. The van der Waals surface area contributed by atoms with Crippen molar-refractivity contribution in [1.29, 1.82) is 0 Å². The fraction of sp³-hybridized carbons (Fsp3) is 0.562. The zero-order chi connectivity index (χ0) is 15.9. The summed E-state index contributed by atoms with van der Waals surface area (Å²) in [5.74, 6) is -0.812. The maximum atomic E-state index is 11.2. The Balaban J connectivity index is 2.23. The van der Waals surface area contributed by atoms with Crippen molar-refractivity contribution in [3.05, 3.63) is 23.8 Å². The first-order valence-corrected chi connectivity index (χ1v) is 8.25. The Morgan fingerprint density at radius 2 is 1.95 bits per heavy atom. The summed E-state index contributed by atoms with van der Waals surface area (Å²) in [5, 5.41) is 21.9. The van der Waals surface area contributed by atoms with E-state index in [0.29, 0.717) is 6.54 Å². The largest absolute Gasteiger partial charge is 0.478 e. The zero-order valence-electron chi connectivity index (χ0n) is 12.6. The van der Waals surface area contributed by atoms with Gasteiger partial charge in [0.1, 0.15) is 0 Å². The van der Waals surface area contributed by atoms with Crippen LogP contribution in [0.3, 0.4) is 0 Å². The summed E-state index contributed by atoms with van der Waals surface area (Å²) in [6.45, 7) is 2.24. The van der Waals surface area contributed by atoms with Crippen LogP contribution in [0, 0.1) is 0 Å². The molecule has 1 fully saturated rings. The molecule has 1 aliphatic heterocycles. The Hall–Kier alpha value is -1.46. The number of nitrogens with one attached hydrogen (secondary N) is 1. The van der Waals surface area contributed by atoms with Gasteiger partial charge in [-0.25, -0.2) is 4.79 Å². The molecule has 1 aromatic rings. The number of aromatic carboxylic acids is 1. The molecule has 0 aromatic heterocycles. The Labute approximate surface area is 135 Å². The lowest BCUT2D eigenvalue weighted by Gasteiger charge is -2.26. The summed E-state index contributed by atoms with van der Waals surface area (Å²) in [4.78, 5) is 13.5. The second kappa shape index (κ2) is 8.25. The number of nitrogens with zero attached hydrogens (tertiary/aromatic N) is 1. The van der Waals surface area contributed by atoms with E-state index in [1.54, 1.807) is 12.1 Å². The highest BCUT2D eigenvalue weighted by molar-refractivity contribution is 6.18. The summed E-state index contributed by atoms with van der Waals surface area (Å²) in [7, 11) is 0. The minimum Gasteiger partial charge on any atom is -0.478 e. The maximum Gasteiger partial charge on any atom is 0.335 e. The SMILES string of the molecule is O=C(O)c1ccc(N2CCCCCC2)c(NCC(O)CCl)c1. The molecule has 5 nitrogen and oxygen atoms in total. The molecule has 22 heavy (non-hydrogen) atoms. The lowest BCUT2D eigenvalue weighted by atomic mass is 10.1. The van der Waals surface area contributed by atoms with Crippen LogP contribution in [-0.4, -0.2) is 47.8 Å². The summed E-state index contributed by atoms with van der Waals surface area (Å²) >= 11 is 5.62. The zero-order valence-corrected chi connectivity index (χ0v) is 13.4. The van der Waals surface area contributed by atoms with Crippen LogP contribution >= 0.6 is 11.6 Å². The van der Waals surface area contributed by atoms with Crippen molar-refractivity contribution in [2.24, 2.45) is 0 Å². The van der Waals surface area contributed by atoms with Crippen molar-refractivity contribution >= 4 is 28.9 Å². The molecule has 1 atom stereocenters. The highest BCUT2D eigenvalue weighted by Gasteiger charge is 2.16. The predicted molar refractivity (Wildman–Crippen MR) is 89.3 cm³/mol. The van der Waals surface area contributed by atoms with E-state index in [1.807, 2.05) is 6.07 Å². The number of carboxylic acids is 1. The van der Waals surface area contributed by atoms with E-state index < -0.39 is 12.1 Å². The first-order valence-electron chi connectivity index (χ1n) is 7.72. The van der Waals surface area contributed by atoms with E-state index >= 15 is 0 Å². The van der Waals surface area contributed by atoms with Gasteiger partial charge in [-0.05, 0) is 31.0 Å². The molecule has 3 N–H and O–H groups in total. The summed E-state index contributed by atoms with van der Waals surface area (Å²) in [5.41, 5.74) is 1.97. The van der Waals surface area contributed by atoms with Gasteiger partial charge in [0.2, 0.25) is 0 Å². The summed E-state index contributed by atoms with van der Waals surface area (Å²) in [6, 6.07) is 5.11. The number of carboxylic acid groups (broad SMARTS) is 1. The van der Waals surface area contributed by atoms with Gasteiger partial charge in [0, 0.05) is 19.6 Å². The second-order valence-corrected chi connectivity index (χ2v) is 5.94. The number of carbonyl (C=O) groups is 1. The second-order valence-electron chi connectivity index (χ2n) is 5.63. The fourth-order valence-electron chi connectivity index (χ4n) is 2.68. The highest BCUT2D eigenvalue weighted by atomic mass is 35.5. The van der Waals surface area contributed by atoms with Gasteiger partial charge in [0.15, 0.2) is 0 Å². The van der Waals surface area contributed by atoms with E-state index in [4.69, 9.17) is 16.7 Å². The molecule has 0 bridgehead atoms. The third-order valence-electron chi connectivity index (χ3n) is 3.90. The minimum absolute atomic E-state index is 0.144. The highest BCUT2D eigenvalue weighted by Crippen LogP contribution is 2.29. The van der Waals surface area contributed by atoms with Crippen LogP contribution in [0.15, 0.2) is 18.2 Å². The molecule has 1 aromatic carbocycles. The molecule has 0 radical (unpaired) electrons. The fourth-order valence-corrected chi connectivity index (χ4v) is 2.79. The molecule has 0 spiro atoms. The van der Waals surface area contributed by atoms with Crippen molar-refractivity contribution in [3.63, 3.8) is 0 Å². The number of alkyl halides is 1. The molecule has 1 heterocycles. The van der Waals surface area contributed by atoms with Crippen molar-refractivity contribution in [3.8, 4) is 0 Å². The monoisotopic (exact) mass is 326 g/mol. The lowest BCUT2D eigenvalue weighted by Crippen LogP contribution is -2.27. The van der Waals surface area contributed by atoms with Crippen LogP contribution < -0.4 is 10.2 Å². The van der Waals surface area contributed by atoms with Crippen LogP contribution in [0.5, 0.6) is 0 Å². The van der Waals surface area contributed by atoms with Gasteiger partial charge < -0.3 is 20.4 Å². The molecule has 6 heteroatoms. The molecule has 1 unspecified atom stereocenters. The van der Waals surface area contributed by atoms with Gasteiger partial charge in [-0.1, -0.05) is 12.8 Å². The van der Waals surface area contributed by atoms with Crippen LogP contribution in [0.1, 0.15) is 36.0 Å². The van der Waals surface area contributed by atoms with Gasteiger partial charge in [0.25, 0.3) is 0 Å². The number of anilines is 2.